The number of hydrogen-bond donors (Lipinski definition) is 1. The number of nitrogens with zero attached hydrogens (tertiary/aromatic N) is 2. The molecule has 0 bridgehead atoms. The summed E-state index contributed by atoms with van der Waals surface area (Å²) < 4.78 is 0.806. The van der Waals surface area contributed by atoms with E-state index in [1.54, 1.807) is 12.1 Å². The fourth-order valence-corrected chi connectivity index (χ4v) is 3.15. The summed E-state index contributed by atoms with van der Waals surface area (Å²) in [4.78, 5) is 12.6. The van der Waals surface area contributed by atoms with Gasteiger partial charge in [-0.2, -0.15) is 0 Å². The molecule has 1 N–H and O–H groups in total. The standard InChI is InChI=1S/C14H20BrN3O2/c1-17(9-11-3-2-6-16-8-11)10-12-4-5-13(18(19)20)7-14(12)15/h4-5,7,11,16H,2-3,6,8-10H2,1H3. The second kappa shape index (κ2) is 7.15. The summed E-state index contributed by atoms with van der Waals surface area (Å²) in [5.74, 6) is 0.700. The van der Waals surface area contributed by atoms with Crippen LogP contribution in [0, 0.1) is 16.0 Å². The van der Waals surface area contributed by atoms with Crippen LogP contribution in [0.15, 0.2) is 22.7 Å². The quantitative estimate of drug-likeness (QED) is 0.660. The van der Waals surface area contributed by atoms with Crippen LogP contribution in [0.5, 0.6) is 0 Å². The van der Waals surface area contributed by atoms with Crippen LogP contribution in [-0.4, -0.2) is 36.5 Å². The molecular weight excluding hydrogens is 322 g/mol. The second-order valence-corrected chi connectivity index (χ2v) is 6.30. The molecule has 0 radical (unpaired) electrons. The highest BCUT2D eigenvalue weighted by molar-refractivity contribution is 9.10. The first kappa shape index (κ1) is 15.4. The van der Waals surface area contributed by atoms with E-state index in [-0.39, 0.29) is 10.6 Å². The summed E-state index contributed by atoms with van der Waals surface area (Å²) in [7, 11) is 2.10. The van der Waals surface area contributed by atoms with Crippen LogP contribution < -0.4 is 5.32 Å². The molecular formula is C14H20BrN3O2. The van der Waals surface area contributed by atoms with E-state index in [1.165, 1.54) is 12.8 Å². The van der Waals surface area contributed by atoms with Gasteiger partial charge in [0, 0.05) is 29.7 Å². The van der Waals surface area contributed by atoms with E-state index in [1.807, 2.05) is 6.07 Å². The highest BCUT2D eigenvalue weighted by Gasteiger charge is 2.16. The number of non-ortho nitro benzene ring substituents is 1. The van der Waals surface area contributed by atoms with Crippen LogP contribution in [-0.2, 0) is 6.54 Å². The number of rotatable bonds is 5. The average Bonchev–Trinajstić information content (AvgIpc) is 2.42. The van der Waals surface area contributed by atoms with Crippen molar-refractivity contribution in [3.05, 3.63) is 38.3 Å². The summed E-state index contributed by atoms with van der Waals surface area (Å²) in [6, 6.07) is 4.97. The Kier molecular flexibility index (Phi) is 5.51. The zero-order chi connectivity index (χ0) is 14.5. The lowest BCUT2D eigenvalue weighted by atomic mass is 9.99. The maximum absolute atomic E-state index is 10.7. The zero-order valence-electron chi connectivity index (χ0n) is 11.6. The van der Waals surface area contributed by atoms with Crippen LogP contribution >= 0.6 is 15.9 Å². The first-order valence-corrected chi connectivity index (χ1v) is 7.67. The first-order valence-electron chi connectivity index (χ1n) is 6.88. The van der Waals surface area contributed by atoms with E-state index in [2.05, 4.69) is 33.2 Å². The summed E-state index contributed by atoms with van der Waals surface area (Å²) >= 11 is 3.43. The predicted octanol–water partition coefficient (Wildman–Crippen LogP) is 2.79. The molecule has 0 amide bonds. The Morgan fingerprint density at radius 1 is 1.55 bits per heavy atom. The number of hydrogen-bond acceptors (Lipinski definition) is 4. The molecule has 1 unspecified atom stereocenters. The van der Waals surface area contributed by atoms with Crippen molar-refractivity contribution in [1.82, 2.24) is 10.2 Å². The summed E-state index contributed by atoms with van der Waals surface area (Å²) in [6.45, 7) is 4.07. The maximum atomic E-state index is 10.7. The van der Waals surface area contributed by atoms with E-state index in [0.29, 0.717) is 5.92 Å². The molecule has 110 valence electrons. The first-order chi connectivity index (χ1) is 9.56. The van der Waals surface area contributed by atoms with Gasteiger partial charge in [0.25, 0.3) is 5.69 Å². The molecule has 6 heteroatoms. The molecule has 1 atom stereocenters. The monoisotopic (exact) mass is 341 g/mol. The molecule has 0 saturated carbocycles. The summed E-state index contributed by atoms with van der Waals surface area (Å²) in [5, 5.41) is 14.1. The molecule has 0 aliphatic carbocycles. The number of nitrogens with one attached hydrogen (secondary N) is 1. The Morgan fingerprint density at radius 3 is 2.95 bits per heavy atom. The molecule has 5 nitrogen and oxygen atoms in total. The number of piperidine rings is 1. The van der Waals surface area contributed by atoms with Crippen LogP contribution in [0.1, 0.15) is 18.4 Å². The Balaban J connectivity index is 1.93. The van der Waals surface area contributed by atoms with Gasteiger partial charge in [0.15, 0.2) is 0 Å². The fraction of sp³-hybridized carbons (Fsp3) is 0.571. The summed E-state index contributed by atoms with van der Waals surface area (Å²) in [5.41, 5.74) is 1.21. The maximum Gasteiger partial charge on any atom is 0.270 e. The van der Waals surface area contributed by atoms with Gasteiger partial charge in [-0.15, -0.1) is 0 Å². The largest absolute Gasteiger partial charge is 0.316 e. The van der Waals surface area contributed by atoms with Gasteiger partial charge in [0.1, 0.15) is 0 Å². The highest BCUT2D eigenvalue weighted by atomic mass is 79.9. The highest BCUT2D eigenvalue weighted by Crippen LogP contribution is 2.24. The molecule has 1 aliphatic heterocycles. The fourth-order valence-electron chi connectivity index (χ4n) is 2.65. The Labute approximate surface area is 127 Å². The third-order valence-electron chi connectivity index (χ3n) is 3.66. The van der Waals surface area contributed by atoms with Gasteiger partial charge >= 0.3 is 0 Å². The van der Waals surface area contributed by atoms with Gasteiger partial charge in [-0.1, -0.05) is 15.9 Å². The molecule has 1 fully saturated rings. The Hall–Kier alpha value is -0.980. The van der Waals surface area contributed by atoms with Crippen LogP contribution in [0.4, 0.5) is 5.69 Å². The van der Waals surface area contributed by atoms with Gasteiger partial charge < -0.3 is 10.2 Å². The van der Waals surface area contributed by atoms with Gasteiger partial charge in [-0.3, -0.25) is 10.1 Å². The number of benzene rings is 1. The van der Waals surface area contributed by atoms with Crippen molar-refractivity contribution < 1.29 is 4.92 Å². The number of nitro benzene ring substituents is 1. The lowest BCUT2D eigenvalue weighted by Gasteiger charge is -2.27. The molecule has 1 heterocycles. The van der Waals surface area contributed by atoms with Gasteiger partial charge in [-0.05, 0) is 50.5 Å². The Bertz CT molecular complexity index is 475. The third kappa shape index (κ3) is 4.26. The van der Waals surface area contributed by atoms with Crippen LogP contribution in [0.2, 0.25) is 0 Å². The molecule has 1 saturated heterocycles. The molecule has 1 aromatic carbocycles. The molecule has 0 spiro atoms. The van der Waals surface area contributed by atoms with Crippen LogP contribution in [0.25, 0.3) is 0 Å². The minimum Gasteiger partial charge on any atom is -0.316 e. The predicted molar refractivity (Wildman–Crippen MR) is 82.7 cm³/mol. The SMILES string of the molecule is CN(Cc1ccc([N+](=O)[O-])cc1Br)CC1CCCNC1. The van der Waals surface area contributed by atoms with Crippen molar-refractivity contribution in [2.24, 2.45) is 5.92 Å². The molecule has 20 heavy (non-hydrogen) atoms. The van der Waals surface area contributed by atoms with Crippen LogP contribution in [0.3, 0.4) is 0 Å². The second-order valence-electron chi connectivity index (χ2n) is 5.44. The van der Waals surface area contributed by atoms with E-state index in [4.69, 9.17) is 0 Å². The van der Waals surface area contributed by atoms with Crippen molar-refractivity contribution in [3.8, 4) is 0 Å². The Morgan fingerprint density at radius 2 is 2.35 bits per heavy atom. The summed E-state index contributed by atoms with van der Waals surface area (Å²) in [6.07, 6.45) is 2.53. The van der Waals surface area contributed by atoms with E-state index in [9.17, 15) is 10.1 Å². The number of halogens is 1. The minimum absolute atomic E-state index is 0.125. The van der Waals surface area contributed by atoms with Gasteiger partial charge in [-0.25, -0.2) is 0 Å². The normalized spacial score (nSPS) is 19.2. The topological polar surface area (TPSA) is 58.4 Å². The van der Waals surface area contributed by atoms with E-state index in [0.717, 1.165) is 36.2 Å². The molecule has 1 aliphatic rings. The van der Waals surface area contributed by atoms with Gasteiger partial charge in [0.2, 0.25) is 0 Å². The molecule has 1 aromatic rings. The minimum atomic E-state index is -0.369. The lowest BCUT2D eigenvalue weighted by Crippen LogP contribution is -2.36. The van der Waals surface area contributed by atoms with Crippen molar-refractivity contribution in [1.29, 1.82) is 0 Å². The van der Waals surface area contributed by atoms with E-state index < -0.39 is 0 Å². The van der Waals surface area contributed by atoms with Gasteiger partial charge in [0.05, 0.1) is 4.92 Å². The van der Waals surface area contributed by atoms with Crippen molar-refractivity contribution in [2.45, 2.75) is 19.4 Å². The number of nitro groups is 1. The molecule has 2 rings (SSSR count). The zero-order valence-corrected chi connectivity index (χ0v) is 13.2. The lowest BCUT2D eigenvalue weighted by molar-refractivity contribution is -0.384. The van der Waals surface area contributed by atoms with Crippen molar-refractivity contribution in [2.75, 3.05) is 26.7 Å². The molecule has 0 aromatic heterocycles. The smallest absolute Gasteiger partial charge is 0.270 e. The average molecular weight is 342 g/mol. The van der Waals surface area contributed by atoms with Crippen molar-refractivity contribution in [3.63, 3.8) is 0 Å². The third-order valence-corrected chi connectivity index (χ3v) is 4.39. The van der Waals surface area contributed by atoms with Crippen molar-refractivity contribution >= 4 is 21.6 Å². The van der Waals surface area contributed by atoms with E-state index >= 15 is 0 Å².